The summed E-state index contributed by atoms with van der Waals surface area (Å²) < 4.78 is 5.19. The fourth-order valence-corrected chi connectivity index (χ4v) is 3.38. The van der Waals surface area contributed by atoms with Gasteiger partial charge in [0.05, 0.1) is 12.8 Å². The average Bonchev–Trinajstić information content (AvgIpc) is 2.66. The van der Waals surface area contributed by atoms with E-state index in [0.717, 1.165) is 16.0 Å². The fraction of sp³-hybridized carbons (Fsp3) is 0.174. The summed E-state index contributed by atoms with van der Waals surface area (Å²) in [5.41, 5.74) is 2.93. The molecule has 2 N–H and O–H groups in total. The Morgan fingerprint density at radius 1 is 1.10 bits per heavy atom. The molecular formula is C23H22N2O5. The molecule has 2 aromatic rings. The Balaban J connectivity index is 2.09. The van der Waals surface area contributed by atoms with Crippen molar-refractivity contribution < 1.29 is 24.2 Å². The number of aryl methyl sites for hydroxylation is 2. The molecule has 0 bridgehead atoms. The molecular weight excluding hydrogens is 384 g/mol. The molecule has 7 nitrogen and oxygen atoms in total. The van der Waals surface area contributed by atoms with E-state index in [0.29, 0.717) is 23.2 Å². The van der Waals surface area contributed by atoms with Crippen LogP contribution in [0.1, 0.15) is 22.3 Å². The Bertz CT molecular complexity index is 1080. The third kappa shape index (κ3) is 3.96. The van der Waals surface area contributed by atoms with Gasteiger partial charge in [0.1, 0.15) is 5.57 Å². The number of nitrogens with one attached hydrogen (secondary N) is 1. The second-order valence-electron chi connectivity index (χ2n) is 7.03. The average molecular weight is 406 g/mol. The third-order valence-electron chi connectivity index (χ3n) is 4.64. The monoisotopic (exact) mass is 406 g/mol. The molecule has 0 spiro atoms. The number of carbonyl (C=O) groups is 3. The van der Waals surface area contributed by atoms with Crippen LogP contribution in [-0.4, -0.2) is 30.1 Å². The van der Waals surface area contributed by atoms with Crippen LogP contribution in [-0.2, 0) is 16.0 Å². The van der Waals surface area contributed by atoms with Gasteiger partial charge in [0.15, 0.2) is 11.5 Å². The van der Waals surface area contributed by atoms with Gasteiger partial charge >= 0.3 is 6.03 Å². The maximum atomic E-state index is 13.1. The molecule has 0 aromatic heterocycles. The van der Waals surface area contributed by atoms with Crippen LogP contribution in [0.25, 0.3) is 6.08 Å². The maximum Gasteiger partial charge on any atom is 0.335 e. The van der Waals surface area contributed by atoms with Crippen LogP contribution in [0.4, 0.5) is 10.5 Å². The number of carbonyl (C=O) groups excluding carboxylic acids is 3. The number of imide groups is 2. The van der Waals surface area contributed by atoms with E-state index >= 15 is 0 Å². The van der Waals surface area contributed by atoms with E-state index in [9.17, 15) is 19.5 Å². The van der Waals surface area contributed by atoms with Gasteiger partial charge in [-0.2, -0.15) is 0 Å². The van der Waals surface area contributed by atoms with Gasteiger partial charge in [0, 0.05) is 5.56 Å². The highest BCUT2D eigenvalue weighted by Gasteiger charge is 2.37. The van der Waals surface area contributed by atoms with Gasteiger partial charge in [-0.05, 0) is 67.3 Å². The molecule has 0 aliphatic carbocycles. The highest BCUT2D eigenvalue weighted by Crippen LogP contribution is 2.33. The lowest BCUT2D eigenvalue weighted by molar-refractivity contribution is -0.122. The Hall–Kier alpha value is -3.87. The summed E-state index contributed by atoms with van der Waals surface area (Å²) in [4.78, 5) is 38.8. The van der Waals surface area contributed by atoms with E-state index in [4.69, 9.17) is 4.74 Å². The number of urea groups is 1. The molecule has 0 saturated carbocycles. The molecule has 1 fully saturated rings. The molecule has 2 aromatic carbocycles. The smallest absolute Gasteiger partial charge is 0.335 e. The van der Waals surface area contributed by atoms with Crippen molar-refractivity contribution in [3.05, 3.63) is 70.8 Å². The van der Waals surface area contributed by atoms with Gasteiger partial charge in [-0.25, -0.2) is 9.69 Å². The lowest BCUT2D eigenvalue weighted by atomic mass is 10.0. The number of amides is 4. The minimum atomic E-state index is -0.803. The first-order valence-corrected chi connectivity index (χ1v) is 9.25. The van der Waals surface area contributed by atoms with Crippen molar-refractivity contribution >= 4 is 29.6 Å². The topological polar surface area (TPSA) is 95.9 Å². The van der Waals surface area contributed by atoms with Crippen LogP contribution in [0.5, 0.6) is 11.5 Å². The minimum absolute atomic E-state index is 0.0361. The Morgan fingerprint density at radius 3 is 2.37 bits per heavy atom. The zero-order chi connectivity index (χ0) is 22.0. The van der Waals surface area contributed by atoms with Crippen molar-refractivity contribution in [2.45, 2.75) is 20.3 Å². The van der Waals surface area contributed by atoms with Crippen molar-refractivity contribution in [1.82, 2.24) is 5.32 Å². The van der Waals surface area contributed by atoms with Gasteiger partial charge in [-0.1, -0.05) is 12.1 Å². The number of nitrogens with zero attached hydrogens (tertiary/aromatic N) is 1. The summed E-state index contributed by atoms with van der Waals surface area (Å²) in [5, 5.41) is 12.4. The largest absolute Gasteiger partial charge is 0.504 e. The maximum absolute atomic E-state index is 13.1. The molecule has 154 valence electrons. The number of ether oxygens (including phenoxy) is 1. The molecule has 0 unspecified atom stereocenters. The Kier molecular flexibility index (Phi) is 5.73. The van der Waals surface area contributed by atoms with Crippen molar-refractivity contribution in [3.8, 4) is 11.5 Å². The third-order valence-corrected chi connectivity index (χ3v) is 4.64. The number of hydrogen-bond donors (Lipinski definition) is 2. The van der Waals surface area contributed by atoms with E-state index in [1.165, 1.54) is 19.3 Å². The van der Waals surface area contributed by atoms with E-state index in [1.807, 2.05) is 19.9 Å². The van der Waals surface area contributed by atoms with Gasteiger partial charge in [-0.15, -0.1) is 6.58 Å². The van der Waals surface area contributed by atoms with Crippen LogP contribution in [0.2, 0.25) is 0 Å². The minimum Gasteiger partial charge on any atom is -0.504 e. The van der Waals surface area contributed by atoms with Crippen LogP contribution in [0.3, 0.4) is 0 Å². The molecule has 1 heterocycles. The summed E-state index contributed by atoms with van der Waals surface area (Å²) in [6, 6.07) is 7.65. The van der Waals surface area contributed by atoms with Crippen molar-refractivity contribution in [2.75, 3.05) is 12.0 Å². The molecule has 3 rings (SSSR count). The number of phenolic OH excluding ortho intramolecular Hbond substituents is 1. The Labute approximate surface area is 174 Å². The lowest BCUT2D eigenvalue weighted by Crippen LogP contribution is -2.54. The second kappa shape index (κ2) is 8.24. The number of aromatic hydroxyl groups is 1. The predicted octanol–water partition coefficient (Wildman–Crippen LogP) is 3.41. The number of phenols is 1. The number of rotatable bonds is 5. The summed E-state index contributed by atoms with van der Waals surface area (Å²) in [6.45, 7) is 7.37. The zero-order valence-corrected chi connectivity index (χ0v) is 17.0. The molecule has 1 saturated heterocycles. The molecule has 0 atom stereocenters. The summed E-state index contributed by atoms with van der Waals surface area (Å²) >= 11 is 0. The van der Waals surface area contributed by atoms with E-state index in [2.05, 4.69) is 11.9 Å². The summed E-state index contributed by atoms with van der Waals surface area (Å²) in [7, 11) is 1.41. The van der Waals surface area contributed by atoms with Crippen LogP contribution >= 0.6 is 0 Å². The van der Waals surface area contributed by atoms with Gasteiger partial charge < -0.3 is 9.84 Å². The molecule has 7 heteroatoms. The van der Waals surface area contributed by atoms with E-state index in [-0.39, 0.29) is 17.1 Å². The summed E-state index contributed by atoms with van der Waals surface area (Å²) in [6.07, 6.45) is 3.35. The number of anilines is 1. The second-order valence-corrected chi connectivity index (χ2v) is 7.03. The zero-order valence-electron chi connectivity index (χ0n) is 17.0. The number of hydrogen-bond acceptors (Lipinski definition) is 5. The highest BCUT2D eigenvalue weighted by atomic mass is 16.5. The van der Waals surface area contributed by atoms with E-state index < -0.39 is 17.8 Å². The van der Waals surface area contributed by atoms with Crippen LogP contribution < -0.4 is 15.0 Å². The molecule has 1 aliphatic rings. The number of allylic oxidation sites excluding steroid dienone is 1. The first-order valence-electron chi connectivity index (χ1n) is 9.25. The normalized spacial score (nSPS) is 15.4. The van der Waals surface area contributed by atoms with Crippen LogP contribution in [0, 0.1) is 13.8 Å². The molecule has 1 aliphatic heterocycles. The van der Waals surface area contributed by atoms with Gasteiger partial charge in [0.25, 0.3) is 11.8 Å². The first kappa shape index (κ1) is 20.9. The van der Waals surface area contributed by atoms with Crippen LogP contribution in [0.15, 0.2) is 48.6 Å². The quantitative estimate of drug-likeness (QED) is 0.451. The predicted molar refractivity (Wildman–Crippen MR) is 113 cm³/mol. The van der Waals surface area contributed by atoms with Crippen molar-refractivity contribution in [3.63, 3.8) is 0 Å². The van der Waals surface area contributed by atoms with Gasteiger partial charge in [-0.3, -0.25) is 14.9 Å². The van der Waals surface area contributed by atoms with E-state index in [1.54, 1.807) is 24.3 Å². The highest BCUT2D eigenvalue weighted by molar-refractivity contribution is 6.39. The van der Waals surface area contributed by atoms with Crippen molar-refractivity contribution in [2.24, 2.45) is 0 Å². The number of methoxy groups -OCH3 is 1. The standard InChI is InChI=1S/C23H22N2O5/c1-5-6-16-10-15(12-19(30-4)20(16)26)11-18-21(27)24-23(29)25(22(18)28)17-8-13(2)7-14(3)9-17/h5,7-12,26H,1,6H2,2-4H3,(H,24,27,29). The number of barbiturate groups is 1. The molecule has 4 amide bonds. The van der Waals surface area contributed by atoms with Gasteiger partial charge in [0.2, 0.25) is 0 Å². The summed E-state index contributed by atoms with van der Waals surface area (Å²) in [5.74, 6) is -1.35. The number of benzene rings is 2. The molecule has 0 radical (unpaired) electrons. The lowest BCUT2D eigenvalue weighted by Gasteiger charge is -2.27. The SMILES string of the molecule is C=CCc1cc(C=C2C(=O)NC(=O)N(c3cc(C)cc(C)c3)C2=O)cc(OC)c1O. The Morgan fingerprint density at radius 2 is 1.77 bits per heavy atom. The molecule has 30 heavy (non-hydrogen) atoms. The van der Waals surface area contributed by atoms with Crippen molar-refractivity contribution in [1.29, 1.82) is 0 Å². The fourth-order valence-electron chi connectivity index (χ4n) is 3.38. The first-order chi connectivity index (χ1) is 14.2.